The molecule has 2 fully saturated rings. The van der Waals surface area contributed by atoms with Gasteiger partial charge in [0.2, 0.25) is 0 Å². The Morgan fingerprint density at radius 1 is 1.39 bits per heavy atom. The van der Waals surface area contributed by atoms with Gasteiger partial charge in [0.15, 0.2) is 5.76 Å². The van der Waals surface area contributed by atoms with Crippen LogP contribution in [0.2, 0.25) is 0 Å². The average molecular weight is 247 g/mol. The Morgan fingerprint density at radius 2 is 2.06 bits per heavy atom. The van der Waals surface area contributed by atoms with Crippen molar-refractivity contribution < 1.29 is 9.21 Å². The Balaban J connectivity index is 1.74. The van der Waals surface area contributed by atoms with Gasteiger partial charge in [0.05, 0.1) is 0 Å². The first kappa shape index (κ1) is 11.8. The molecule has 3 rings (SSSR count). The van der Waals surface area contributed by atoms with Crippen molar-refractivity contribution in [2.24, 2.45) is 11.8 Å². The van der Waals surface area contributed by atoms with E-state index in [-0.39, 0.29) is 5.91 Å². The molecule has 0 radical (unpaired) electrons. The molecule has 1 amide bonds. The molecular weight excluding hydrogens is 226 g/mol. The second-order valence-electron chi connectivity index (χ2n) is 5.73. The second-order valence-corrected chi connectivity index (χ2v) is 5.73. The molecule has 98 valence electrons. The molecule has 1 aromatic rings. The molecule has 2 aliphatic rings. The van der Waals surface area contributed by atoms with Crippen molar-refractivity contribution in [3.63, 3.8) is 0 Å². The highest BCUT2D eigenvalue weighted by atomic mass is 16.4. The molecule has 1 aromatic heterocycles. The summed E-state index contributed by atoms with van der Waals surface area (Å²) in [5.41, 5.74) is 1.10. The molecule has 0 spiro atoms. The zero-order valence-corrected chi connectivity index (χ0v) is 11.2. The van der Waals surface area contributed by atoms with Gasteiger partial charge in [0.1, 0.15) is 5.76 Å². The fraction of sp³-hybridized carbons (Fsp3) is 0.667. The number of hydrogen-bond donors (Lipinski definition) is 0. The number of carbonyl (C=O) groups is 1. The first-order chi connectivity index (χ1) is 8.69. The Kier molecular flexibility index (Phi) is 2.92. The van der Waals surface area contributed by atoms with E-state index in [0.717, 1.165) is 42.7 Å². The zero-order chi connectivity index (χ0) is 12.7. The predicted molar refractivity (Wildman–Crippen MR) is 69.6 cm³/mol. The van der Waals surface area contributed by atoms with E-state index < -0.39 is 0 Å². The number of amides is 1. The minimum Gasteiger partial charge on any atom is -0.456 e. The normalized spacial score (nSPS) is 26.7. The number of fused-ring (bicyclic) bond motifs is 1. The molecule has 1 aliphatic heterocycles. The van der Waals surface area contributed by atoms with Crippen LogP contribution in [0.5, 0.6) is 0 Å². The summed E-state index contributed by atoms with van der Waals surface area (Å²) in [6.45, 7) is 5.94. The van der Waals surface area contributed by atoms with Gasteiger partial charge >= 0.3 is 0 Å². The van der Waals surface area contributed by atoms with Gasteiger partial charge in [0.25, 0.3) is 5.91 Å². The summed E-state index contributed by atoms with van der Waals surface area (Å²) in [5.74, 6) is 3.06. The van der Waals surface area contributed by atoms with E-state index in [1.54, 1.807) is 0 Å². The van der Waals surface area contributed by atoms with E-state index in [4.69, 9.17) is 4.42 Å². The highest BCUT2D eigenvalue weighted by Gasteiger charge is 2.38. The van der Waals surface area contributed by atoms with Gasteiger partial charge in [0, 0.05) is 19.5 Å². The van der Waals surface area contributed by atoms with E-state index in [1.807, 2.05) is 17.9 Å². The van der Waals surface area contributed by atoms with Crippen LogP contribution in [0.25, 0.3) is 0 Å². The van der Waals surface area contributed by atoms with E-state index in [0.29, 0.717) is 5.76 Å². The molecule has 1 saturated carbocycles. The number of carbonyl (C=O) groups excluding carboxylic acids is 1. The molecule has 2 atom stereocenters. The third kappa shape index (κ3) is 1.86. The number of likely N-dealkylation sites (tertiary alicyclic amines) is 1. The van der Waals surface area contributed by atoms with Crippen molar-refractivity contribution in [1.82, 2.24) is 4.90 Å². The molecule has 2 heterocycles. The lowest BCUT2D eigenvalue weighted by atomic mass is 10.0. The Morgan fingerprint density at radius 3 is 2.61 bits per heavy atom. The van der Waals surface area contributed by atoms with Crippen LogP contribution in [0.4, 0.5) is 0 Å². The molecule has 3 heteroatoms. The van der Waals surface area contributed by atoms with Crippen molar-refractivity contribution in [2.45, 2.75) is 39.5 Å². The molecule has 2 unspecified atom stereocenters. The lowest BCUT2D eigenvalue weighted by Crippen LogP contribution is -2.29. The minimum absolute atomic E-state index is 0.0900. The van der Waals surface area contributed by atoms with Gasteiger partial charge in [-0.3, -0.25) is 4.79 Å². The molecule has 3 nitrogen and oxygen atoms in total. The number of furan rings is 1. The fourth-order valence-electron chi connectivity index (χ4n) is 3.53. The monoisotopic (exact) mass is 247 g/mol. The highest BCUT2D eigenvalue weighted by molar-refractivity contribution is 5.92. The van der Waals surface area contributed by atoms with Crippen LogP contribution in [0.3, 0.4) is 0 Å². The van der Waals surface area contributed by atoms with Gasteiger partial charge < -0.3 is 9.32 Å². The first-order valence-electron chi connectivity index (χ1n) is 7.07. The van der Waals surface area contributed by atoms with Crippen LogP contribution in [-0.4, -0.2) is 23.9 Å². The standard InChI is InChI=1S/C15H21NO2/c1-3-13-10(2)7-14(18-13)15(17)16-8-11-5-4-6-12(11)9-16/h7,11-12H,3-6,8-9H2,1-2H3. The van der Waals surface area contributed by atoms with E-state index in [9.17, 15) is 4.79 Å². The highest BCUT2D eigenvalue weighted by Crippen LogP contribution is 2.38. The average Bonchev–Trinajstić information content (AvgIpc) is 3.00. The summed E-state index contributed by atoms with van der Waals surface area (Å²) >= 11 is 0. The Bertz CT molecular complexity index is 451. The summed E-state index contributed by atoms with van der Waals surface area (Å²) in [5, 5.41) is 0. The molecular formula is C15H21NO2. The summed E-state index contributed by atoms with van der Waals surface area (Å²) < 4.78 is 5.67. The van der Waals surface area contributed by atoms with Crippen LogP contribution in [-0.2, 0) is 6.42 Å². The summed E-state index contributed by atoms with van der Waals surface area (Å²) in [7, 11) is 0. The Labute approximate surface area is 108 Å². The van der Waals surface area contributed by atoms with Crippen LogP contribution < -0.4 is 0 Å². The predicted octanol–water partition coefficient (Wildman–Crippen LogP) is 3.02. The minimum atomic E-state index is 0.0900. The Hall–Kier alpha value is -1.25. The SMILES string of the molecule is CCc1oc(C(=O)N2CC3CCCC3C2)cc1C. The summed E-state index contributed by atoms with van der Waals surface area (Å²) in [6, 6.07) is 1.90. The van der Waals surface area contributed by atoms with Gasteiger partial charge in [-0.05, 0) is 43.2 Å². The summed E-state index contributed by atoms with van der Waals surface area (Å²) in [6.07, 6.45) is 4.79. The molecule has 1 aliphatic carbocycles. The van der Waals surface area contributed by atoms with E-state index in [1.165, 1.54) is 19.3 Å². The number of hydrogen-bond acceptors (Lipinski definition) is 2. The lowest BCUT2D eigenvalue weighted by Gasteiger charge is -2.15. The van der Waals surface area contributed by atoms with Gasteiger partial charge in [-0.2, -0.15) is 0 Å². The molecule has 0 bridgehead atoms. The molecule has 0 aromatic carbocycles. The maximum absolute atomic E-state index is 12.4. The largest absolute Gasteiger partial charge is 0.456 e. The number of aryl methyl sites for hydroxylation is 2. The third-order valence-corrected chi connectivity index (χ3v) is 4.57. The van der Waals surface area contributed by atoms with Crippen LogP contribution in [0.1, 0.15) is 48.1 Å². The zero-order valence-electron chi connectivity index (χ0n) is 11.2. The second kappa shape index (κ2) is 4.45. The number of nitrogens with zero attached hydrogens (tertiary/aromatic N) is 1. The van der Waals surface area contributed by atoms with Gasteiger partial charge in [-0.25, -0.2) is 0 Å². The lowest BCUT2D eigenvalue weighted by molar-refractivity contribution is 0.0747. The third-order valence-electron chi connectivity index (χ3n) is 4.57. The van der Waals surface area contributed by atoms with Crippen LogP contribution in [0.15, 0.2) is 10.5 Å². The fourth-order valence-corrected chi connectivity index (χ4v) is 3.53. The van der Waals surface area contributed by atoms with Crippen molar-refractivity contribution in [1.29, 1.82) is 0 Å². The van der Waals surface area contributed by atoms with Crippen molar-refractivity contribution >= 4 is 5.91 Å². The first-order valence-corrected chi connectivity index (χ1v) is 7.07. The van der Waals surface area contributed by atoms with Crippen LogP contribution in [0, 0.1) is 18.8 Å². The topological polar surface area (TPSA) is 33.5 Å². The molecule has 1 saturated heterocycles. The van der Waals surface area contributed by atoms with Gasteiger partial charge in [-0.1, -0.05) is 13.3 Å². The smallest absolute Gasteiger partial charge is 0.289 e. The molecule has 0 N–H and O–H groups in total. The van der Waals surface area contributed by atoms with Crippen molar-refractivity contribution in [3.05, 3.63) is 23.2 Å². The van der Waals surface area contributed by atoms with Crippen molar-refractivity contribution in [3.8, 4) is 0 Å². The van der Waals surface area contributed by atoms with Crippen molar-refractivity contribution in [2.75, 3.05) is 13.1 Å². The number of rotatable bonds is 2. The van der Waals surface area contributed by atoms with E-state index in [2.05, 4.69) is 6.92 Å². The summed E-state index contributed by atoms with van der Waals surface area (Å²) in [4.78, 5) is 14.4. The van der Waals surface area contributed by atoms with E-state index >= 15 is 0 Å². The maximum Gasteiger partial charge on any atom is 0.289 e. The molecule has 18 heavy (non-hydrogen) atoms. The van der Waals surface area contributed by atoms with Gasteiger partial charge in [-0.15, -0.1) is 0 Å². The quantitative estimate of drug-likeness (QED) is 0.805. The maximum atomic E-state index is 12.4. The van der Waals surface area contributed by atoms with Crippen LogP contribution >= 0.6 is 0 Å².